The maximum atomic E-state index is 6.40. The first kappa shape index (κ1) is 18.6. The van der Waals surface area contributed by atoms with E-state index in [9.17, 15) is 0 Å². The fraction of sp³-hybridized carbons (Fsp3) is 0.524. The summed E-state index contributed by atoms with van der Waals surface area (Å²) in [6.07, 6.45) is 4.35. The summed E-state index contributed by atoms with van der Waals surface area (Å²) < 4.78 is 6.40. The Bertz CT molecular complexity index is 810. The lowest BCUT2D eigenvalue weighted by atomic mass is 10.1. The number of hydrogen-bond acceptors (Lipinski definition) is 6. The minimum atomic E-state index is 0.427. The highest BCUT2D eigenvalue weighted by Gasteiger charge is 2.23. The first-order valence-electron chi connectivity index (χ1n) is 9.87. The Balaban J connectivity index is 1.67. The summed E-state index contributed by atoms with van der Waals surface area (Å²) >= 11 is 1.82. The molecule has 1 aromatic carbocycles. The molecule has 0 bridgehead atoms. The molecule has 4 rings (SSSR count). The van der Waals surface area contributed by atoms with Crippen molar-refractivity contribution in [2.24, 2.45) is 0 Å². The van der Waals surface area contributed by atoms with Crippen molar-refractivity contribution >= 4 is 17.7 Å². The molecular formula is C21H28N4OS. The van der Waals surface area contributed by atoms with Gasteiger partial charge in [-0.2, -0.15) is 4.98 Å². The Labute approximate surface area is 165 Å². The van der Waals surface area contributed by atoms with Crippen molar-refractivity contribution in [2.75, 3.05) is 24.2 Å². The molecule has 0 amide bonds. The minimum Gasteiger partial charge on any atom is -0.437 e. The van der Waals surface area contributed by atoms with Crippen LogP contribution in [-0.2, 0) is 6.42 Å². The number of fused-ring (bicyclic) bond motifs is 1. The van der Waals surface area contributed by atoms with Gasteiger partial charge >= 0.3 is 0 Å². The lowest BCUT2D eigenvalue weighted by Gasteiger charge is -2.25. The summed E-state index contributed by atoms with van der Waals surface area (Å²) in [5.74, 6) is 3.43. The second-order valence-electron chi connectivity index (χ2n) is 7.58. The Morgan fingerprint density at radius 2 is 1.85 bits per heavy atom. The van der Waals surface area contributed by atoms with Crippen molar-refractivity contribution in [3.05, 3.63) is 34.5 Å². The number of hydrogen-bond donors (Lipinski definition) is 2. The number of nitrogens with zero attached hydrogens (tertiary/aromatic N) is 2. The summed E-state index contributed by atoms with van der Waals surface area (Å²) in [6, 6.07) is 4.76. The maximum absolute atomic E-state index is 6.40. The number of thioether (sulfide) groups is 1. The van der Waals surface area contributed by atoms with Crippen molar-refractivity contribution < 1.29 is 4.74 Å². The van der Waals surface area contributed by atoms with Gasteiger partial charge in [-0.25, -0.2) is 4.98 Å². The maximum Gasteiger partial charge on any atom is 0.238 e. The molecule has 0 radical (unpaired) electrons. The number of benzene rings is 1. The zero-order chi connectivity index (χ0) is 18.8. The first-order valence-corrected chi connectivity index (χ1v) is 10.9. The SMILES string of the molecule is Cc1cc(C)c(Oc2nc(NC3CCNCC3)nc3c2SCCC3)c(C)c1. The highest BCUT2D eigenvalue weighted by Crippen LogP contribution is 2.40. The quantitative estimate of drug-likeness (QED) is 0.815. The average molecular weight is 385 g/mol. The summed E-state index contributed by atoms with van der Waals surface area (Å²) in [7, 11) is 0. The van der Waals surface area contributed by atoms with Gasteiger partial charge in [0, 0.05) is 6.04 Å². The predicted molar refractivity (Wildman–Crippen MR) is 111 cm³/mol. The monoisotopic (exact) mass is 384 g/mol. The van der Waals surface area contributed by atoms with Gasteiger partial charge in [0.05, 0.1) is 10.6 Å². The van der Waals surface area contributed by atoms with Gasteiger partial charge in [-0.15, -0.1) is 11.8 Å². The molecule has 2 N–H and O–H groups in total. The molecule has 5 nitrogen and oxygen atoms in total. The third-order valence-corrected chi connectivity index (χ3v) is 6.38. The van der Waals surface area contributed by atoms with Gasteiger partial charge in [0.2, 0.25) is 11.8 Å². The third-order valence-electron chi connectivity index (χ3n) is 5.18. The van der Waals surface area contributed by atoms with Crippen LogP contribution in [-0.4, -0.2) is 34.9 Å². The number of aromatic nitrogens is 2. The summed E-state index contributed by atoms with van der Waals surface area (Å²) in [6.45, 7) is 8.41. The topological polar surface area (TPSA) is 59.1 Å². The molecule has 2 aromatic rings. The van der Waals surface area contributed by atoms with Crippen LogP contribution >= 0.6 is 11.8 Å². The van der Waals surface area contributed by atoms with Crippen molar-refractivity contribution in [3.8, 4) is 11.6 Å². The number of anilines is 1. The van der Waals surface area contributed by atoms with E-state index >= 15 is 0 Å². The van der Waals surface area contributed by atoms with Gasteiger partial charge < -0.3 is 15.4 Å². The molecule has 0 saturated carbocycles. The molecule has 27 heavy (non-hydrogen) atoms. The molecule has 6 heteroatoms. The molecule has 0 atom stereocenters. The van der Waals surface area contributed by atoms with E-state index in [-0.39, 0.29) is 0 Å². The molecular weight excluding hydrogens is 356 g/mol. The first-order chi connectivity index (χ1) is 13.1. The van der Waals surface area contributed by atoms with Crippen LogP contribution in [0.15, 0.2) is 17.0 Å². The van der Waals surface area contributed by atoms with Gasteiger partial charge in [-0.05, 0) is 76.4 Å². The zero-order valence-corrected chi connectivity index (χ0v) is 17.2. The van der Waals surface area contributed by atoms with Gasteiger partial charge in [0.25, 0.3) is 0 Å². The van der Waals surface area contributed by atoms with Gasteiger partial charge in [-0.1, -0.05) is 17.7 Å². The number of piperidine rings is 1. The lowest BCUT2D eigenvalue weighted by Crippen LogP contribution is -2.35. The predicted octanol–water partition coefficient (Wildman–Crippen LogP) is 4.40. The van der Waals surface area contributed by atoms with E-state index in [1.165, 1.54) is 5.56 Å². The average Bonchev–Trinajstić information content (AvgIpc) is 2.65. The molecule has 0 unspecified atom stereocenters. The van der Waals surface area contributed by atoms with E-state index < -0.39 is 0 Å². The molecule has 144 valence electrons. The van der Waals surface area contributed by atoms with Crippen LogP contribution < -0.4 is 15.4 Å². The van der Waals surface area contributed by atoms with E-state index in [0.717, 1.165) is 72.0 Å². The van der Waals surface area contributed by atoms with E-state index in [4.69, 9.17) is 14.7 Å². The summed E-state index contributed by atoms with van der Waals surface area (Å²) in [5, 5.41) is 6.95. The van der Waals surface area contributed by atoms with Gasteiger partial charge in [0.15, 0.2) is 0 Å². The van der Waals surface area contributed by atoms with Crippen molar-refractivity contribution in [1.29, 1.82) is 0 Å². The standard InChI is InChI=1S/C21H28N4OS/c1-13-11-14(2)18(15(3)12-13)26-20-19-17(5-4-10-27-19)24-21(25-20)23-16-6-8-22-9-7-16/h11-12,16,22H,4-10H2,1-3H3,(H,23,24,25). The highest BCUT2D eigenvalue weighted by molar-refractivity contribution is 7.99. The Morgan fingerprint density at radius 1 is 1.11 bits per heavy atom. The van der Waals surface area contributed by atoms with Crippen LogP contribution in [0.3, 0.4) is 0 Å². The van der Waals surface area contributed by atoms with Gasteiger partial charge in [-0.3, -0.25) is 0 Å². The third kappa shape index (κ3) is 4.22. The van der Waals surface area contributed by atoms with E-state index in [2.05, 4.69) is 43.5 Å². The largest absolute Gasteiger partial charge is 0.437 e. The minimum absolute atomic E-state index is 0.427. The number of nitrogens with one attached hydrogen (secondary N) is 2. The van der Waals surface area contributed by atoms with Crippen LogP contribution in [0.5, 0.6) is 11.6 Å². The normalized spacial score (nSPS) is 17.4. The molecule has 1 aromatic heterocycles. The Morgan fingerprint density at radius 3 is 2.59 bits per heavy atom. The molecule has 1 saturated heterocycles. The number of ether oxygens (including phenoxy) is 1. The molecule has 0 aliphatic carbocycles. The highest BCUT2D eigenvalue weighted by atomic mass is 32.2. The molecule has 0 spiro atoms. The fourth-order valence-corrected chi connectivity index (χ4v) is 4.93. The van der Waals surface area contributed by atoms with Crippen molar-refractivity contribution in [2.45, 2.75) is 57.4 Å². The second kappa shape index (κ2) is 8.07. The number of rotatable bonds is 4. The number of aryl methyl sites for hydroxylation is 4. The Hall–Kier alpha value is -1.79. The van der Waals surface area contributed by atoms with Crippen LogP contribution in [0, 0.1) is 20.8 Å². The fourth-order valence-electron chi connectivity index (χ4n) is 3.91. The second-order valence-corrected chi connectivity index (χ2v) is 8.68. The molecule has 2 aliphatic rings. The van der Waals surface area contributed by atoms with E-state index in [1.807, 2.05) is 11.8 Å². The summed E-state index contributed by atoms with van der Waals surface area (Å²) in [5.41, 5.74) is 4.67. The van der Waals surface area contributed by atoms with Crippen molar-refractivity contribution in [3.63, 3.8) is 0 Å². The van der Waals surface area contributed by atoms with Crippen LogP contribution in [0.1, 0.15) is 41.6 Å². The lowest BCUT2D eigenvalue weighted by molar-refractivity contribution is 0.437. The zero-order valence-electron chi connectivity index (χ0n) is 16.4. The molecule has 2 aliphatic heterocycles. The molecule has 3 heterocycles. The van der Waals surface area contributed by atoms with Crippen LogP contribution in [0.2, 0.25) is 0 Å². The van der Waals surface area contributed by atoms with E-state index in [0.29, 0.717) is 17.9 Å². The van der Waals surface area contributed by atoms with Crippen LogP contribution in [0.4, 0.5) is 5.95 Å². The summed E-state index contributed by atoms with van der Waals surface area (Å²) in [4.78, 5) is 10.7. The van der Waals surface area contributed by atoms with Gasteiger partial charge in [0.1, 0.15) is 5.75 Å². The smallest absolute Gasteiger partial charge is 0.238 e. The molecule has 1 fully saturated rings. The van der Waals surface area contributed by atoms with Crippen molar-refractivity contribution in [1.82, 2.24) is 15.3 Å². The Kier molecular flexibility index (Phi) is 5.55. The van der Waals surface area contributed by atoms with Crippen LogP contribution in [0.25, 0.3) is 0 Å². The van der Waals surface area contributed by atoms with E-state index in [1.54, 1.807) is 0 Å².